The lowest BCUT2D eigenvalue weighted by atomic mass is 10.1. The van der Waals surface area contributed by atoms with Gasteiger partial charge in [-0.05, 0) is 34.1 Å². The molecule has 1 unspecified atom stereocenters. The van der Waals surface area contributed by atoms with Crippen LogP contribution in [0, 0.1) is 5.92 Å². The minimum Gasteiger partial charge on any atom is -0.469 e. The third kappa shape index (κ3) is 2.52. The molecular formula is C12H11BrClNO3. The molecule has 0 radical (unpaired) electrons. The van der Waals surface area contributed by atoms with Gasteiger partial charge in [0.2, 0.25) is 5.91 Å². The number of benzene rings is 1. The third-order valence-electron chi connectivity index (χ3n) is 2.86. The Morgan fingerprint density at radius 3 is 2.94 bits per heavy atom. The number of esters is 1. The summed E-state index contributed by atoms with van der Waals surface area (Å²) in [5.74, 6) is -0.870. The summed E-state index contributed by atoms with van der Waals surface area (Å²) in [6.07, 6.45) is 0.172. The molecule has 4 nitrogen and oxygen atoms in total. The van der Waals surface area contributed by atoms with Crippen molar-refractivity contribution in [3.63, 3.8) is 0 Å². The Morgan fingerprint density at radius 1 is 1.56 bits per heavy atom. The van der Waals surface area contributed by atoms with Crippen molar-refractivity contribution in [2.24, 2.45) is 5.92 Å². The van der Waals surface area contributed by atoms with Gasteiger partial charge in [0.25, 0.3) is 0 Å². The van der Waals surface area contributed by atoms with Gasteiger partial charge < -0.3 is 9.64 Å². The van der Waals surface area contributed by atoms with Crippen LogP contribution < -0.4 is 4.90 Å². The number of nitrogens with zero attached hydrogens (tertiary/aromatic N) is 1. The minimum absolute atomic E-state index is 0.103. The summed E-state index contributed by atoms with van der Waals surface area (Å²) in [5, 5.41) is 0.544. The van der Waals surface area contributed by atoms with E-state index in [0.29, 0.717) is 17.3 Å². The maximum atomic E-state index is 11.9. The highest BCUT2D eigenvalue weighted by atomic mass is 79.9. The predicted octanol–water partition coefficient (Wildman–Crippen LogP) is 2.63. The average molecular weight is 333 g/mol. The van der Waals surface area contributed by atoms with E-state index in [1.165, 1.54) is 7.11 Å². The summed E-state index contributed by atoms with van der Waals surface area (Å²) in [6, 6.07) is 5.20. The van der Waals surface area contributed by atoms with Gasteiger partial charge in [0.05, 0.1) is 18.7 Å². The van der Waals surface area contributed by atoms with Crippen molar-refractivity contribution in [2.45, 2.75) is 6.42 Å². The van der Waals surface area contributed by atoms with Gasteiger partial charge in [-0.1, -0.05) is 11.6 Å². The van der Waals surface area contributed by atoms with Crippen LogP contribution in [0.25, 0.3) is 0 Å². The van der Waals surface area contributed by atoms with Gasteiger partial charge in [0.1, 0.15) is 0 Å². The topological polar surface area (TPSA) is 46.6 Å². The lowest BCUT2D eigenvalue weighted by Gasteiger charge is -2.18. The first-order chi connectivity index (χ1) is 8.52. The Balaban J connectivity index is 2.27. The Bertz CT molecular complexity index is 506. The second kappa shape index (κ2) is 5.28. The number of amides is 1. The maximum Gasteiger partial charge on any atom is 0.311 e. The molecule has 2 rings (SSSR count). The molecule has 1 aliphatic rings. The molecule has 1 aromatic carbocycles. The van der Waals surface area contributed by atoms with E-state index < -0.39 is 5.92 Å². The van der Waals surface area contributed by atoms with Crippen LogP contribution in [0.4, 0.5) is 5.69 Å². The first kappa shape index (κ1) is 13.4. The Morgan fingerprint density at radius 2 is 2.28 bits per heavy atom. The molecule has 18 heavy (non-hydrogen) atoms. The van der Waals surface area contributed by atoms with E-state index in [-0.39, 0.29) is 18.3 Å². The fourth-order valence-corrected chi connectivity index (χ4v) is 2.58. The van der Waals surface area contributed by atoms with Gasteiger partial charge in [-0.3, -0.25) is 9.59 Å². The summed E-state index contributed by atoms with van der Waals surface area (Å²) < 4.78 is 5.43. The van der Waals surface area contributed by atoms with Gasteiger partial charge in [-0.25, -0.2) is 0 Å². The van der Waals surface area contributed by atoms with Crippen molar-refractivity contribution in [1.82, 2.24) is 0 Å². The van der Waals surface area contributed by atoms with Crippen molar-refractivity contribution < 1.29 is 14.3 Å². The first-order valence-electron chi connectivity index (χ1n) is 5.36. The zero-order valence-corrected chi connectivity index (χ0v) is 12.0. The standard InChI is InChI=1S/C12H11BrClNO3/c1-18-12(17)7-4-11(16)15(6-7)10-5-8(14)2-3-9(10)13/h2-3,5,7H,4,6H2,1H3. The lowest BCUT2D eigenvalue weighted by molar-refractivity contribution is -0.145. The van der Waals surface area contributed by atoms with Crippen molar-refractivity contribution in [2.75, 3.05) is 18.6 Å². The Hall–Kier alpha value is -1.07. The van der Waals surface area contributed by atoms with E-state index in [1.807, 2.05) is 0 Å². The van der Waals surface area contributed by atoms with Crippen LogP contribution in [0.2, 0.25) is 5.02 Å². The maximum absolute atomic E-state index is 11.9. The van der Waals surface area contributed by atoms with Gasteiger partial charge in [0, 0.05) is 22.5 Å². The molecule has 1 heterocycles. The molecule has 1 atom stereocenters. The fraction of sp³-hybridized carbons (Fsp3) is 0.333. The zero-order chi connectivity index (χ0) is 13.3. The molecule has 0 spiro atoms. The summed E-state index contributed by atoms with van der Waals surface area (Å²) >= 11 is 9.29. The predicted molar refractivity (Wildman–Crippen MR) is 71.6 cm³/mol. The molecule has 1 saturated heterocycles. The Labute approximate surface area is 118 Å². The number of hydrogen-bond acceptors (Lipinski definition) is 3. The largest absolute Gasteiger partial charge is 0.469 e. The number of carbonyl (C=O) groups excluding carboxylic acids is 2. The molecule has 1 aliphatic heterocycles. The number of anilines is 1. The van der Waals surface area contributed by atoms with Crippen LogP contribution in [-0.2, 0) is 14.3 Å². The number of rotatable bonds is 2. The van der Waals surface area contributed by atoms with E-state index in [2.05, 4.69) is 20.7 Å². The van der Waals surface area contributed by atoms with Crippen LogP contribution in [0.3, 0.4) is 0 Å². The quantitative estimate of drug-likeness (QED) is 0.782. The van der Waals surface area contributed by atoms with E-state index in [1.54, 1.807) is 23.1 Å². The Kier molecular flexibility index (Phi) is 3.92. The van der Waals surface area contributed by atoms with Gasteiger partial charge in [-0.2, -0.15) is 0 Å². The molecule has 96 valence electrons. The highest BCUT2D eigenvalue weighted by molar-refractivity contribution is 9.10. The van der Waals surface area contributed by atoms with Crippen molar-refractivity contribution >= 4 is 45.1 Å². The molecular weight excluding hydrogens is 321 g/mol. The molecule has 1 fully saturated rings. The van der Waals surface area contributed by atoms with Gasteiger partial charge >= 0.3 is 5.97 Å². The number of halogens is 2. The average Bonchev–Trinajstić information content (AvgIpc) is 2.73. The SMILES string of the molecule is COC(=O)C1CC(=O)N(c2cc(Cl)ccc2Br)C1. The smallest absolute Gasteiger partial charge is 0.311 e. The van der Waals surface area contributed by atoms with Crippen LogP contribution in [0.5, 0.6) is 0 Å². The molecule has 6 heteroatoms. The normalized spacial score (nSPS) is 19.2. The van der Waals surface area contributed by atoms with E-state index >= 15 is 0 Å². The fourth-order valence-electron chi connectivity index (χ4n) is 1.96. The van der Waals surface area contributed by atoms with Crippen LogP contribution in [0.1, 0.15) is 6.42 Å². The zero-order valence-electron chi connectivity index (χ0n) is 9.65. The second-order valence-corrected chi connectivity index (χ2v) is 5.32. The van der Waals surface area contributed by atoms with Crippen LogP contribution >= 0.6 is 27.5 Å². The van der Waals surface area contributed by atoms with Crippen molar-refractivity contribution in [1.29, 1.82) is 0 Å². The molecule has 0 aromatic heterocycles. The molecule has 0 saturated carbocycles. The second-order valence-electron chi connectivity index (χ2n) is 4.02. The number of carbonyl (C=O) groups is 2. The van der Waals surface area contributed by atoms with Crippen LogP contribution in [-0.4, -0.2) is 25.5 Å². The summed E-state index contributed by atoms with van der Waals surface area (Å²) in [5.41, 5.74) is 0.680. The van der Waals surface area contributed by atoms with Crippen molar-refractivity contribution in [3.05, 3.63) is 27.7 Å². The minimum atomic E-state index is -0.409. The van der Waals surface area contributed by atoms with E-state index in [0.717, 1.165) is 4.47 Å². The first-order valence-corrected chi connectivity index (χ1v) is 6.53. The van der Waals surface area contributed by atoms with Crippen molar-refractivity contribution in [3.8, 4) is 0 Å². The summed E-state index contributed by atoms with van der Waals surface area (Å²) in [7, 11) is 1.32. The molecule has 1 amide bonds. The highest BCUT2D eigenvalue weighted by Gasteiger charge is 2.36. The van der Waals surface area contributed by atoms with E-state index in [4.69, 9.17) is 11.6 Å². The summed E-state index contributed by atoms with van der Waals surface area (Å²) in [4.78, 5) is 24.9. The van der Waals surface area contributed by atoms with Gasteiger partial charge in [-0.15, -0.1) is 0 Å². The van der Waals surface area contributed by atoms with E-state index in [9.17, 15) is 9.59 Å². The number of methoxy groups -OCH3 is 1. The summed E-state index contributed by atoms with van der Waals surface area (Å²) in [6.45, 7) is 0.324. The molecule has 1 aromatic rings. The van der Waals surface area contributed by atoms with Gasteiger partial charge in [0.15, 0.2) is 0 Å². The third-order valence-corrected chi connectivity index (χ3v) is 3.76. The lowest BCUT2D eigenvalue weighted by Crippen LogP contribution is -2.26. The molecule has 0 N–H and O–H groups in total. The highest BCUT2D eigenvalue weighted by Crippen LogP contribution is 2.33. The number of ether oxygens (including phenoxy) is 1. The molecule has 0 aliphatic carbocycles. The van der Waals surface area contributed by atoms with Crippen LogP contribution in [0.15, 0.2) is 22.7 Å². The number of hydrogen-bond donors (Lipinski definition) is 0. The monoisotopic (exact) mass is 331 g/mol. The molecule has 0 bridgehead atoms.